The summed E-state index contributed by atoms with van der Waals surface area (Å²) in [5.41, 5.74) is 1.21. The zero-order chi connectivity index (χ0) is 12.8. The molecule has 3 heteroatoms. The fraction of sp³-hybridized carbons (Fsp3) is 0.533. The van der Waals surface area contributed by atoms with Crippen molar-refractivity contribution in [2.45, 2.75) is 26.3 Å². The number of nitrogens with zero attached hydrogens (tertiary/aromatic N) is 1. The number of nitrogens with one attached hydrogen (secondary N) is 1. The van der Waals surface area contributed by atoms with Crippen LogP contribution in [0.15, 0.2) is 30.3 Å². The molecule has 1 N–H and O–H groups in total. The number of carbonyl (C=O) groups is 1. The van der Waals surface area contributed by atoms with E-state index in [0.717, 1.165) is 32.6 Å². The molecule has 1 aliphatic heterocycles. The molecule has 1 amide bonds. The van der Waals surface area contributed by atoms with Gasteiger partial charge >= 0.3 is 0 Å². The number of hydrogen-bond donors (Lipinski definition) is 1. The van der Waals surface area contributed by atoms with Crippen LogP contribution in [0.5, 0.6) is 0 Å². The third-order valence-electron chi connectivity index (χ3n) is 3.39. The standard InChI is InChI=1S/C15H22N2O/c1-2-8-17(12-13-6-4-3-5-7-13)15(18)9-14-10-16-11-14/h3-7,14,16H,2,8-12H2,1H3. The average Bonchev–Trinajstić information content (AvgIpc) is 2.34. The van der Waals surface area contributed by atoms with Crippen LogP contribution in [0.4, 0.5) is 0 Å². The van der Waals surface area contributed by atoms with Gasteiger partial charge in [0, 0.05) is 19.5 Å². The highest BCUT2D eigenvalue weighted by atomic mass is 16.2. The van der Waals surface area contributed by atoms with E-state index in [4.69, 9.17) is 0 Å². The van der Waals surface area contributed by atoms with E-state index >= 15 is 0 Å². The minimum atomic E-state index is 0.298. The Labute approximate surface area is 109 Å². The molecule has 1 aliphatic rings. The molecule has 0 atom stereocenters. The number of hydrogen-bond acceptors (Lipinski definition) is 2. The lowest BCUT2D eigenvalue weighted by Crippen LogP contribution is -2.45. The molecule has 1 aromatic rings. The largest absolute Gasteiger partial charge is 0.338 e. The second kappa shape index (κ2) is 6.55. The van der Waals surface area contributed by atoms with Crippen LogP contribution in [-0.4, -0.2) is 30.4 Å². The Hall–Kier alpha value is -1.35. The molecular weight excluding hydrogens is 224 g/mol. The number of carbonyl (C=O) groups excluding carboxylic acids is 1. The molecule has 0 aliphatic carbocycles. The van der Waals surface area contributed by atoms with Gasteiger partial charge in [-0.2, -0.15) is 0 Å². The summed E-state index contributed by atoms with van der Waals surface area (Å²) in [6, 6.07) is 10.2. The molecule has 0 unspecified atom stereocenters. The minimum absolute atomic E-state index is 0.298. The van der Waals surface area contributed by atoms with Gasteiger partial charge in [-0.3, -0.25) is 4.79 Å². The van der Waals surface area contributed by atoms with Gasteiger partial charge in [0.2, 0.25) is 5.91 Å². The molecule has 1 heterocycles. The van der Waals surface area contributed by atoms with Gasteiger partial charge < -0.3 is 10.2 Å². The first-order valence-electron chi connectivity index (χ1n) is 6.82. The Morgan fingerprint density at radius 3 is 2.61 bits per heavy atom. The van der Waals surface area contributed by atoms with Crippen molar-refractivity contribution < 1.29 is 4.79 Å². The number of benzene rings is 1. The molecule has 1 saturated heterocycles. The molecule has 3 nitrogen and oxygen atoms in total. The predicted molar refractivity (Wildman–Crippen MR) is 73.1 cm³/mol. The molecule has 2 rings (SSSR count). The molecule has 1 aromatic carbocycles. The molecule has 1 fully saturated rings. The highest BCUT2D eigenvalue weighted by molar-refractivity contribution is 5.76. The minimum Gasteiger partial charge on any atom is -0.338 e. The SMILES string of the molecule is CCCN(Cc1ccccc1)C(=O)CC1CNC1. The summed E-state index contributed by atoms with van der Waals surface area (Å²) in [4.78, 5) is 14.2. The average molecular weight is 246 g/mol. The Kier molecular flexibility index (Phi) is 4.76. The zero-order valence-corrected chi connectivity index (χ0v) is 11.1. The first-order chi connectivity index (χ1) is 8.79. The Morgan fingerprint density at radius 2 is 2.06 bits per heavy atom. The maximum Gasteiger partial charge on any atom is 0.223 e. The van der Waals surface area contributed by atoms with Crippen LogP contribution >= 0.6 is 0 Å². The number of rotatable bonds is 6. The van der Waals surface area contributed by atoms with Gasteiger partial charge in [-0.15, -0.1) is 0 Å². The van der Waals surface area contributed by atoms with Gasteiger partial charge in [0.05, 0.1) is 0 Å². The second-order valence-electron chi connectivity index (χ2n) is 5.03. The highest BCUT2D eigenvalue weighted by Crippen LogP contribution is 2.13. The lowest BCUT2D eigenvalue weighted by Gasteiger charge is -2.30. The normalized spacial score (nSPS) is 15.2. The lowest BCUT2D eigenvalue weighted by molar-refractivity contribution is -0.133. The van der Waals surface area contributed by atoms with Crippen molar-refractivity contribution in [3.05, 3.63) is 35.9 Å². The van der Waals surface area contributed by atoms with E-state index in [1.807, 2.05) is 23.1 Å². The van der Waals surface area contributed by atoms with E-state index in [9.17, 15) is 4.79 Å². The molecule has 0 saturated carbocycles. The van der Waals surface area contributed by atoms with Crippen LogP contribution in [0.1, 0.15) is 25.3 Å². The van der Waals surface area contributed by atoms with E-state index in [1.165, 1.54) is 5.56 Å². The Balaban J connectivity index is 1.91. The molecule has 0 aromatic heterocycles. The summed E-state index contributed by atoms with van der Waals surface area (Å²) in [7, 11) is 0. The van der Waals surface area contributed by atoms with Gasteiger partial charge in [-0.1, -0.05) is 37.3 Å². The van der Waals surface area contributed by atoms with Gasteiger partial charge in [-0.25, -0.2) is 0 Å². The third-order valence-corrected chi connectivity index (χ3v) is 3.39. The first-order valence-corrected chi connectivity index (χ1v) is 6.82. The smallest absolute Gasteiger partial charge is 0.223 e. The zero-order valence-electron chi connectivity index (χ0n) is 11.1. The van der Waals surface area contributed by atoms with Gasteiger partial charge in [0.25, 0.3) is 0 Å². The van der Waals surface area contributed by atoms with Crippen LogP contribution in [0.2, 0.25) is 0 Å². The fourth-order valence-electron chi connectivity index (χ4n) is 2.23. The van der Waals surface area contributed by atoms with Gasteiger partial charge in [0.15, 0.2) is 0 Å². The topological polar surface area (TPSA) is 32.3 Å². The summed E-state index contributed by atoms with van der Waals surface area (Å²) in [5, 5.41) is 3.22. The van der Waals surface area contributed by atoms with Gasteiger partial charge in [-0.05, 0) is 31.0 Å². The molecular formula is C15H22N2O. The van der Waals surface area contributed by atoms with E-state index in [1.54, 1.807) is 0 Å². The van der Waals surface area contributed by atoms with Gasteiger partial charge in [0.1, 0.15) is 0 Å². The van der Waals surface area contributed by atoms with Crippen LogP contribution in [0.3, 0.4) is 0 Å². The molecule has 0 spiro atoms. The lowest BCUT2D eigenvalue weighted by atomic mass is 9.98. The maximum atomic E-state index is 12.2. The van der Waals surface area contributed by atoms with Crippen molar-refractivity contribution in [2.24, 2.45) is 5.92 Å². The quantitative estimate of drug-likeness (QED) is 0.833. The monoisotopic (exact) mass is 246 g/mol. The van der Waals surface area contributed by atoms with Crippen LogP contribution in [0.25, 0.3) is 0 Å². The molecule has 0 bridgehead atoms. The van der Waals surface area contributed by atoms with Crippen molar-refractivity contribution in [1.82, 2.24) is 10.2 Å². The van der Waals surface area contributed by atoms with E-state index in [-0.39, 0.29) is 0 Å². The fourth-order valence-corrected chi connectivity index (χ4v) is 2.23. The molecule has 18 heavy (non-hydrogen) atoms. The van der Waals surface area contributed by atoms with E-state index in [2.05, 4.69) is 24.4 Å². The van der Waals surface area contributed by atoms with E-state index in [0.29, 0.717) is 18.2 Å². The van der Waals surface area contributed by atoms with Crippen molar-refractivity contribution in [1.29, 1.82) is 0 Å². The second-order valence-corrected chi connectivity index (χ2v) is 5.03. The maximum absolute atomic E-state index is 12.2. The summed E-state index contributed by atoms with van der Waals surface area (Å²) in [6.45, 7) is 5.71. The van der Waals surface area contributed by atoms with Crippen LogP contribution < -0.4 is 5.32 Å². The van der Waals surface area contributed by atoms with Crippen molar-refractivity contribution in [2.75, 3.05) is 19.6 Å². The predicted octanol–water partition coefficient (Wildman–Crippen LogP) is 2.03. The molecule has 0 radical (unpaired) electrons. The van der Waals surface area contributed by atoms with Crippen molar-refractivity contribution in [3.8, 4) is 0 Å². The van der Waals surface area contributed by atoms with Crippen molar-refractivity contribution >= 4 is 5.91 Å². The number of amides is 1. The third kappa shape index (κ3) is 3.57. The Bertz CT molecular complexity index is 373. The van der Waals surface area contributed by atoms with E-state index < -0.39 is 0 Å². The summed E-state index contributed by atoms with van der Waals surface area (Å²) >= 11 is 0. The molecule has 98 valence electrons. The highest BCUT2D eigenvalue weighted by Gasteiger charge is 2.23. The van der Waals surface area contributed by atoms with Crippen LogP contribution in [-0.2, 0) is 11.3 Å². The summed E-state index contributed by atoms with van der Waals surface area (Å²) < 4.78 is 0. The Morgan fingerprint density at radius 1 is 1.33 bits per heavy atom. The summed E-state index contributed by atoms with van der Waals surface area (Å²) in [5.74, 6) is 0.847. The van der Waals surface area contributed by atoms with Crippen LogP contribution in [0, 0.1) is 5.92 Å². The van der Waals surface area contributed by atoms with Crippen molar-refractivity contribution in [3.63, 3.8) is 0 Å². The summed E-state index contributed by atoms with van der Waals surface area (Å²) in [6.07, 6.45) is 1.71. The first kappa shape index (κ1) is 13.1.